The van der Waals surface area contributed by atoms with Crippen LogP contribution in [0.2, 0.25) is 0 Å². The summed E-state index contributed by atoms with van der Waals surface area (Å²) in [7, 11) is 0. The van der Waals surface area contributed by atoms with E-state index >= 15 is 0 Å². The van der Waals surface area contributed by atoms with Crippen LogP contribution in [0, 0.1) is 0 Å². The molecule has 106 valence electrons. The van der Waals surface area contributed by atoms with Crippen LogP contribution in [-0.2, 0) is 13.0 Å². The second-order valence-electron chi connectivity index (χ2n) is 5.24. The minimum atomic E-state index is 0.730. The lowest BCUT2D eigenvalue weighted by Crippen LogP contribution is -2.11. The van der Waals surface area contributed by atoms with Gasteiger partial charge in [-0.1, -0.05) is 41.1 Å². The molecule has 20 heavy (non-hydrogen) atoms. The number of hydrogen-bond donors (Lipinski definition) is 1. The molecule has 2 nitrogen and oxygen atoms in total. The van der Waals surface area contributed by atoms with E-state index in [0.29, 0.717) is 0 Å². The number of nitrogens with one attached hydrogen (secondary N) is 1. The summed E-state index contributed by atoms with van der Waals surface area (Å²) in [5.74, 6) is 0.730. The second kappa shape index (κ2) is 6.37. The van der Waals surface area contributed by atoms with Crippen LogP contribution in [0.3, 0.4) is 0 Å². The maximum absolute atomic E-state index is 4.92. The van der Waals surface area contributed by atoms with Gasteiger partial charge in [0.1, 0.15) is 0 Å². The largest absolute Gasteiger partial charge is 0.312 e. The zero-order valence-electron chi connectivity index (χ0n) is 11.7. The molecule has 3 rings (SSSR count). The van der Waals surface area contributed by atoms with Gasteiger partial charge in [0.15, 0.2) is 0 Å². The summed E-state index contributed by atoms with van der Waals surface area (Å²) < 4.78 is 1.18. The molecule has 0 saturated heterocycles. The highest BCUT2D eigenvalue weighted by atomic mass is 79.9. The lowest BCUT2D eigenvalue weighted by Gasteiger charge is -2.00. The molecule has 1 heterocycles. The number of hydrogen-bond acceptors (Lipinski definition) is 3. The monoisotopic (exact) mass is 350 g/mol. The number of aromatic nitrogens is 1. The van der Waals surface area contributed by atoms with E-state index in [4.69, 9.17) is 4.98 Å². The third-order valence-electron chi connectivity index (χ3n) is 3.57. The predicted octanol–water partition coefficient (Wildman–Crippen LogP) is 4.48. The van der Waals surface area contributed by atoms with Crippen molar-refractivity contribution in [3.63, 3.8) is 0 Å². The molecule has 1 saturated carbocycles. The molecule has 0 radical (unpaired) electrons. The Balaban J connectivity index is 1.81. The smallest absolute Gasteiger partial charge is 0.0975 e. The van der Waals surface area contributed by atoms with Gasteiger partial charge < -0.3 is 5.32 Å². The maximum Gasteiger partial charge on any atom is 0.0975 e. The van der Waals surface area contributed by atoms with Crippen LogP contribution in [-0.4, -0.2) is 11.5 Å². The highest BCUT2D eigenvalue weighted by Crippen LogP contribution is 2.43. The Labute approximate surface area is 132 Å². The van der Waals surface area contributed by atoms with Gasteiger partial charge >= 0.3 is 0 Å². The normalized spacial score (nSPS) is 14.7. The molecule has 1 aliphatic rings. The average molecular weight is 351 g/mol. The molecule has 1 aromatic carbocycles. The van der Waals surface area contributed by atoms with Crippen LogP contribution >= 0.6 is 27.3 Å². The first-order valence-corrected chi connectivity index (χ1v) is 8.81. The molecule has 0 unspecified atom stereocenters. The van der Waals surface area contributed by atoms with Gasteiger partial charge in [-0.25, -0.2) is 4.98 Å². The summed E-state index contributed by atoms with van der Waals surface area (Å²) in [5.41, 5.74) is 2.68. The van der Waals surface area contributed by atoms with E-state index in [-0.39, 0.29) is 0 Å². The Morgan fingerprint density at radius 2 is 2.15 bits per heavy atom. The van der Waals surface area contributed by atoms with E-state index in [2.05, 4.69) is 52.4 Å². The molecule has 0 spiro atoms. The summed E-state index contributed by atoms with van der Waals surface area (Å²) in [5, 5.41) is 4.68. The first-order chi connectivity index (χ1) is 9.78. The van der Waals surface area contributed by atoms with Gasteiger partial charge in [-0.15, -0.1) is 11.3 Å². The van der Waals surface area contributed by atoms with Gasteiger partial charge in [0.25, 0.3) is 0 Å². The van der Waals surface area contributed by atoms with Crippen LogP contribution in [0.1, 0.15) is 46.8 Å². The quantitative estimate of drug-likeness (QED) is 0.830. The van der Waals surface area contributed by atoms with Crippen molar-refractivity contribution in [3.05, 3.63) is 49.9 Å². The summed E-state index contributed by atoms with van der Waals surface area (Å²) in [4.78, 5) is 6.36. The van der Waals surface area contributed by atoms with Crippen LogP contribution in [0.15, 0.2) is 28.7 Å². The van der Waals surface area contributed by atoms with Crippen LogP contribution < -0.4 is 5.32 Å². The van der Waals surface area contributed by atoms with Crippen molar-refractivity contribution in [1.29, 1.82) is 0 Å². The number of rotatable bonds is 6. The molecule has 0 amide bonds. The van der Waals surface area contributed by atoms with Gasteiger partial charge in [0.05, 0.1) is 10.7 Å². The molecule has 0 aliphatic heterocycles. The highest BCUT2D eigenvalue weighted by Gasteiger charge is 2.29. The Morgan fingerprint density at radius 1 is 1.35 bits per heavy atom. The van der Waals surface area contributed by atoms with Crippen molar-refractivity contribution in [3.8, 4) is 0 Å². The lowest BCUT2D eigenvalue weighted by atomic mass is 10.1. The molecule has 1 aliphatic carbocycles. The topological polar surface area (TPSA) is 24.9 Å². The molecular weight excluding hydrogens is 332 g/mol. The van der Waals surface area contributed by atoms with Crippen molar-refractivity contribution in [2.75, 3.05) is 6.54 Å². The van der Waals surface area contributed by atoms with Crippen molar-refractivity contribution in [2.24, 2.45) is 0 Å². The van der Waals surface area contributed by atoms with E-state index in [0.717, 1.165) is 25.4 Å². The summed E-state index contributed by atoms with van der Waals surface area (Å²) in [6, 6.07) is 8.42. The summed E-state index contributed by atoms with van der Waals surface area (Å²) in [6.07, 6.45) is 3.56. The number of nitrogens with zero attached hydrogens (tertiary/aromatic N) is 1. The molecule has 2 aromatic rings. The van der Waals surface area contributed by atoms with Gasteiger partial charge in [0, 0.05) is 28.2 Å². The van der Waals surface area contributed by atoms with Crippen LogP contribution in [0.5, 0.6) is 0 Å². The second-order valence-corrected chi connectivity index (χ2v) is 7.26. The molecule has 4 heteroatoms. The third-order valence-corrected chi connectivity index (χ3v) is 5.42. The molecular formula is C16H19BrN2S. The standard InChI is InChI=1S/C16H19BrN2S/c1-2-18-10-14-16(11-7-8-11)19-15(20-14)9-12-5-3-4-6-13(12)17/h3-6,11,18H,2,7-10H2,1H3. The average Bonchev–Trinajstić information content (AvgIpc) is 3.21. The Hall–Kier alpha value is -0.710. The number of halogens is 1. The van der Waals surface area contributed by atoms with Gasteiger partial charge in [-0.05, 0) is 31.0 Å². The Bertz CT molecular complexity index is 590. The van der Waals surface area contributed by atoms with E-state index in [1.54, 1.807) is 0 Å². The van der Waals surface area contributed by atoms with E-state index in [1.807, 2.05) is 11.3 Å². The van der Waals surface area contributed by atoms with Gasteiger partial charge in [-0.2, -0.15) is 0 Å². The molecule has 1 aromatic heterocycles. The minimum Gasteiger partial charge on any atom is -0.312 e. The zero-order valence-corrected chi connectivity index (χ0v) is 14.1. The zero-order chi connectivity index (χ0) is 13.9. The highest BCUT2D eigenvalue weighted by molar-refractivity contribution is 9.10. The minimum absolute atomic E-state index is 0.730. The van der Waals surface area contributed by atoms with E-state index < -0.39 is 0 Å². The molecule has 0 bridgehead atoms. The first-order valence-electron chi connectivity index (χ1n) is 7.20. The number of thiazole rings is 1. The third kappa shape index (κ3) is 3.30. The summed E-state index contributed by atoms with van der Waals surface area (Å²) >= 11 is 5.50. The van der Waals surface area contributed by atoms with E-state index in [1.165, 1.54) is 38.5 Å². The Morgan fingerprint density at radius 3 is 2.85 bits per heavy atom. The van der Waals surface area contributed by atoms with Gasteiger partial charge in [-0.3, -0.25) is 0 Å². The van der Waals surface area contributed by atoms with Gasteiger partial charge in [0.2, 0.25) is 0 Å². The fourth-order valence-corrected chi connectivity index (χ4v) is 3.91. The first kappa shape index (κ1) is 14.2. The lowest BCUT2D eigenvalue weighted by molar-refractivity contribution is 0.726. The summed E-state index contributed by atoms with van der Waals surface area (Å²) in [6.45, 7) is 4.14. The van der Waals surface area contributed by atoms with Crippen molar-refractivity contribution < 1.29 is 0 Å². The van der Waals surface area contributed by atoms with Crippen molar-refractivity contribution in [1.82, 2.24) is 10.3 Å². The molecule has 0 atom stereocenters. The van der Waals surface area contributed by atoms with Crippen LogP contribution in [0.4, 0.5) is 0 Å². The molecule has 1 fully saturated rings. The number of benzene rings is 1. The predicted molar refractivity (Wildman–Crippen MR) is 88.4 cm³/mol. The fourth-order valence-electron chi connectivity index (χ4n) is 2.34. The Kier molecular flexibility index (Phi) is 4.54. The van der Waals surface area contributed by atoms with E-state index in [9.17, 15) is 0 Å². The maximum atomic E-state index is 4.92. The SMILES string of the molecule is CCNCc1sc(Cc2ccccc2Br)nc1C1CC1. The van der Waals surface area contributed by atoms with Crippen LogP contribution in [0.25, 0.3) is 0 Å². The fraction of sp³-hybridized carbons (Fsp3) is 0.438. The molecule has 1 N–H and O–H groups in total. The van der Waals surface area contributed by atoms with Crippen molar-refractivity contribution >= 4 is 27.3 Å². The van der Waals surface area contributed by atoms with Crippen molar-refractivity contribution in [2.45, 2.75) is 38.6 Å².